The van der Waals surface area contributed by atoms with E-state index in [-0.39, 0.29) is 24.0 Å². The predicted octanol–water partition coefficient (Wildman–Crippen LogP) is 3.33. The van der Waals surface area contributed by atoms with Gasteiger partial charge in [-0.25, -0.2) is 4.98 Å². The predicted molar refractivity (Wildman–Crippen MR) is 112 cm³/mol. The van der Waals surface area contributed by atoms with Crippen LogP contribution in [0.4, 0.5) is 0 Å². The summed E-state index contributed by atoms with van der Waals surface area (Å²) in [6.07, 6.45) is 0.882. The maximum absolute atomic E-state index is 5.38. The number of nitrogens with one attached hydrogen (secondary N) is 1. The molecule has 0 saturated carbocycles. The van der Waals surface area contributed by atoms with E-state index in [1.54, 1.807) is 25.5 Å². The molecule has 0 radical (unpaired) electrons. The zero-order chi connectivity index (χ0) is 16.7. The highest BCUT2D eigenvalue weighted by molar-refractivity contribution is 14.0. The molecular weight excluding hydrogens is 435 g/mol. The summed E-state index contributed by atoms with van der Waals surface area (Å²) in [5, 5.41) is 6.57. The van der Waals surface area contributed by atoms with Crippen molar-refractivity contribution in [1.29, 1.82) is 0 Å². The molecule has 0 fully saturated rings. The lowest BCUT2D eigenvalue weighted by molar-refractivity contribution is 0.409. The standard InChI is InChI=1S/C17H24N4OS.HI/c1-13-20-15(12-23-13)11-21(3)17(18-2)19-10-9-14-7-5-6-8-16(14)22-4;/h5-8,12H,9-11H2,1-4H3,(H,18,19);1H. The number of halogens is 1. The molecule has 1 aromatic heterocycles. The number of hydrogen-bond acceptors (Lipinski definition) is 4. The molecule has 0 amide bonds. The molecule has 0 aliphatic rings. The van der Waals surface area contributed by atoms with Crippen molar-refractivity contribution in [2.45, 2.75) is 19.9 Å². The number of methoxy groups -OCH3 is 1. The normalized spacial score (nSPS) is 10.9. The van der Waals surface area contributed by atoms with Gasteiger partial charge in [0.25, 0.3) is 0 Å². The van der Waals surface area contributed by atoms with Crippen LogP contribution in [-0.2, 0) is 13.0 Å². The first-order chi connectivity index (χ1) is 11.1. The minimum atomic E-state index is 0. The summed E-state index contributed by atoms with van der Waals surface area (Å²) in [5.74, 6) is 1.79. The van der Waals surface area contributed by atoms with Crippen LogP contribution in [0.15, 0.2) is 34.6 Å². The Hall–Kier alpha value is -1.35. The highest BCUT2D eigenvalue weighted by Gasteiger charge is 2.09. The molecule has 24 heavy (non-hydrogen) atoms. The van der Waals surface area contributed by atoms with Crippen molar-refractivity contribution in [1.82, 2.24) is 15.2 Å². The molecule has 1 aromatic carbocycles. The summed E-state index contributed by atoms with van der Waals surface area (Å²) in [6, 6.07) is 8.09. The number of ether oxygens (including phenoxy) is 1. The second kappa shape index (κ2) is 10.5. The molecule has 0 aliphatic heterocycles. The van der Waals surface area contributed by atoms with E-state index in [1.807, 2.05) is 32.2 Å². The average Bonchev–Trinajstić information content (AvgIpc) is 2.96. The Morgan fingerprint density at radius 3 is 2.75 bits per heavy atom. The number of guanidine groups is 1. The van der Waals surface area contributed by atoms with Gasteiger partial charge in [-0.15, -0.1) is 35.3 Å². The van der Waals surface area contributed by atoms with Crippen molar-refractivity contribution in [3.8, 4) is 5.75 Å². The van der Waals surface area contributed by atoms with Gasteiger partial charge in [0.1, 0.15) is 5.75 Å². The van der Waals surface area contributed by atoms with Crippen LogP contribution in [0.3, 0.4) is 0 Å². The molecule has 0 saturated heterocycles. The number of aryl methyl sites for hydroxylation is 1. The van der Waals surface area contributed by atoms with E-state index in [1.165, 1.54) is 5.56 Å². The highest BCUT2D eigenvalue weighted by atomic mass is 127. The monoisotopic (exact) mass is 460 g/mol. The third-order valence-corrected chi connectivity index (χ3v) is 4.33. The molecule has 2 rings (SSSR count). The minimum absolute atomic E-state index is 0. The third-order valence-electron chi connectivity index (χ3n) is 3.51. The number of aromatic nitrogens is 1. The van der Waals surface area contributed by atoms with Gasteiger partial charge >= 0.3 is 0 Å². The number of benzene rings is 1. The molecule has 5 nitrogen and oxygen atoms in total. The maximum Gasteiger partial charge on any atom is 0.193 e. The molecule has 132 valence electrons. The third kappa shape index (κ3) is 5.94. The first-order valence-electron chi connectivity index (χ1n) is 7.58. The second-order valence-corrected chi connectivity index (χ2v) is 6.31. The van der Waals surface area contributed by atoms with E-state index in [4.69, 9.17) is 4.74 Å². The number of hydrogen-bond donors (Lipinski definition) is 1. The minimum Gasteiger partial charge on any atom is -0.496 e. The zero-order valence-corrected chi connectivity index (χ0v) is 17.7. The van der Waals surface area contributed by atoms with Gasteiger partial charge < -0.3 is 15.0 Å². The molecule has 0 bridgehead atoms. The number of para-hydroxylation sites is 1. The fourth-order valence-corrected chi connectivity index (χ4v) is 3.01. The summed E-state index contributed by atoms with van der Waals surface area (Å²) in [4.78, 5) is 10.9. The van der Waals surface area contributed by atoms with Crippen molar-refractivity contribution in [2.75, 3.05) is 27.7 Å². The highest BCUT2D eigenvalue weighted by Crippen LogP contribution is 2.17. The van der Waals surface area contributed by atoms with Gasteiger partial charge in [0.05, 0.1) is 24.4 Å². The van der Waals surface area contributed by atoms with Crippen molar-refractivity contribution in [2.24, 2.45) is 4.99 Å². The van der Waals surface area contributed by atoms with Gasteiger partial charge in [-0.1, -0.05) is 18.2 Å². The van der Waals surface area contributed by atoms with E-state index >= 15 is 0 Å². The SMILES string of the molecule is CN=C(NCCc1ccccc1OC)N(C)Cc1csc(C)n1.I. The van der Waals surface area contributed by atoms with Crippen LogP contribution in [0.25, 0.3) is 0 Å². The van der Waals surface area contributed by atoms with E-state index in [2.05, 4.69) is 31.6 Å². The summed E-state index contributed by atoms with van der Waals surface area (Å²) in [7, 11) is 5.52. The maximum atomic E-state index is 5.38. The van der Waals surface area contributed by atoms with Crippen molar-refractivity contribution in [3.05, 3.63) is 45.9 Å². The van der Waals surface area contributed by atoms with Gasteiger partial charge in [0.2, 0.25) is 0 Å². The fraction of sp³-hybridized carbons (Fsp3) is 0.412. The Bertz CT molecular complexity index is 660. The second-order valence-electron chi connectivity index (χ2n) is 5.25. The summed E-state index contributed by atoms with van der Waals surface area (Å²) in [5.41, 5.74) is 2.26. The Labute approximate surface area is 165 Å². The largest absolute Gasteiger partial charge is 0.496 e. The summed E-state index contributed by atoms with van der Waals surface area (Å²) in [6.45, 7) is 3.57. The average molecular weight is 460 g/mol. The van der Waals surface area contributed by atoms with Crippen LogP contribution in [0, 0.1) is 6.92 Å². The smallest absolute Gasteiger partial charge is 0.193 e. The van der Waals surface area contributed by atoms with Gasteiger partial charge in [0.15, 0.2) is 5.96 Å². The molecule has 7 heteroatoms. The molecular formula is C17H25IN4OS. The van der Waals surface area contributed by atoms with Crippen LogP contribution < -0.4 is 10.1 Å². The van der Waals surface area contributed by atoms with E-state index in [0.717, 1.165) is 41.9 Å². The number of aliphatic imine (C=N–C) groups is 1. The number of nitrogens with zero attached hydrogens (tertiary/aromatic N) is 3. The van der Waals surface area contributed by atoms with Gasteiger partial charge in [-0.3, -0.25) is 4.99 Å². The first kappa shape index (κ1) is 20.7. The molecule has 1 N–H and O–H groups in total. The topological polar surface area (TPSA) is 49.8 Å². The number of thiazole rings is 1. The lowest BCUT2D eigenvalue weighted by Crippen LogP contribution is -2.39. The lowest BCUT2D eigenvalue weighted by Gasteiger charge is -2.21. The summed E-state index contributed by atoms with van der Waals surface area (Å²) >= 11 is 1.67. The van der Waals surface area contributed by atoms with Crippen molar-refractivity contribution < 1.29 is 4.74 Å². The fourth-order valence-electron chi connectivity index (χ4n) is 2.40. The van der Waals surface area contributed by atoms with Crippen LogP contribution in [0.2, 0.25) is 0 Å². The Kier molecular flexibility index (Phi) is 9.05. The van der Waals surface area contributed by atoms with Gasteiger partial charge in [0, 0.05) is 26.0 Å². The van der Waals surface area contributed by atoms with E-state index < -0.39 is 0 Å². The zero-order valence-electron chi connectivity index (χ0n) is 14.6. The molecule has 0 spiro atoms. The number of rotatable bonds is 6. The van der Waals surface area contributed by atoms with Crippen LogP contribution in [0.1, 0.15) is 16.3 Å². The Morgan fingerprint density at radius 2 is 2.12 bits per heavy atom. The molecule has 2 aromatic rings. The molecule has 1 heterocycles. The Balaban J connectivity index is 0.00000288. The van der Waals surface area contributed by atoms with E-state index in [0.29, 0.717) is 0 Å². The molecule has 0 unspecified atom stereocenters. The first-order valence-corrected chi connectivity index (χ1v) is 8.46. The quantitative estimate of drug-likeness (QED) is 0.408. The molecule has 0 atom stereocenters. The molecule has 0 aliphatic carbocycles. The Morgan fingerprint density at radius 1 is 1.38 bits per heavy atom. The summed E-state index contributed by atoms with van der Waals surface area (Å²) < 4.78 is 5.38. The lowest BCUT2D eigenvalue weighted by atomic mass is 10.1. The van der Waals surface area contributed by atoms with E-state index in [9.17, 15) is 0 Å². The van der Waals surface area contributed by atoms with Crippen LogP contribution in [0.5, 0.6) is 5.75 Å². The van der Waals surface area contributed by atoms with Gasteiger partial charge in [-0.05, 0) is 25.0 Å². The van der Waals surface area contributed by atoms with Crippen LogP contribution in [-0.4, -0.2) is 43.6 Å². The van der Waals surface area contributed by atoms with Crippen LogP contribution >= 0.6 is 35.3 Å². The van der Waals surface area contributed by atoms with Crippen molar-refractivity contribution in [3.63, 3.8) is 0 Å². The van der Waals surface area contributed by atoms with Gasteiger partial charge in [-0.2, -0.15) is 0 Å². The van der Waals surface area contributed by atoms with Crippen molar-refractivity contribution >= 4 is 41.3 Å².